The summed E-state index contributed by atoms with van der Waals surface area (Å²) in [6.45, 7) is 10.4. The van der Waals surface area contributed by atoms with E-state index in [0.29, 0.717) is 23.8 Å². The molecule has 0 amide bonds. The number of aromatic amines is 1. The molecular formula is C13H23N3O2. The lowest BCUT2D eigenvalue weighted by Gasteiger charge is -2.20. The Morgan fingerprint density at radius 2 is 1.94 bits per heavy atom. The largest absolute Gasteiger partial charge is 0.383 e. The van der Waals surface area contributed by atoms with E-state index in [4.69, 9.17) is 10.5 Å². The summed E-state index contributed by atoms with van der Waals surface area (Å²) < 4.78 is 5.61. The first-order valence-electron chi connectivity index (χ1n) is 6.39. The Morgan fingerprint density at radius 1 is 1.33 bits per heavy atom. The van der Waals surface area contributed by atoms with E-state index < -0.39 is 0 Å². The molecule has 102 valence electrons. The number of hydrogen-bond donors (Lipinski definition) is 2. The smallest absolute Gasteiger partial charge is 0.256 e. The Hall–Kier alpha value is -1.36. The van der Waals surface area contributed by atoms with Gasteiger partial charge in [-0.05, 0) is 18.8 Å². The van der Waals surface area contributed by atoms with Crippen LogP contribution in [0.2, 0.25) is 0 Å². The first-order chi connectivity index (χ1) is 8.38. The average Bonchev–Trinajstić information content (AvgIpc) is 2.23. The second kappa shape index (κ2) is 6.00. The molecule has 1 heterocycles. The van der Waals surface area contributed by atoms with Crippen molar-refractivity contribution in [3.05, 3.63) is 21.7 Å². The van der Waals surface area contributed by atoms with Gasteiger partial charge in [0.15, 0.2) is 0 Å². The van der Waals surface area contributed by atoms with Gasteiger partial charge < -0.3 is 15.5 Å². The highest BCUT2D eigenvalue weighted by Crippen LogP contribution is 2.24. The maximum absolute atomic E-state index is 12.0. The summed E-state index contributed by atoms with van der Waals surface area (Å²) in [5.74, 6) is 1.09. The number of rotatable bonds is 5. The van der Waals surface area contributed by atoms with Gasteiger partial charge in [-0.3, -0.25) is 4.79 Å². The molecule has 18 heavy (non-hydrogen) atoms. The van der Waals surface area contributed by atoms with Gasteiger partial charge in [0.2, 0.25) is 0 Å². The lowest BCUT2D eigenvalue weighted by Crippen LogP contribution is -2.24. The number of ether oxygens (including phenoxy) is 1. The van der Waals surface area contributed by atoms with E-state index >= 15 is 0 Å². The Labute approximate surface area is 108 Å². The molecule has 1 atom stereocenters. The van der Waals surface area contributed by atoms with E-state index in [1.54, 1.807) is 0 Å². The Balaban J connectivity index is 3.23. The predicted molar refractivity (Wildman–Crippen MR) is 72.6 cm³/mol. The normalized spacial score (nSPS) is 13.3. The number of nitrogens with one attached hydrogen (secondary N) is 1. The zero-order chi connectivity index (χ0) is 13.9. The highest BCUT2D eigenvalue weighted by molar-refractivity contribution is 5.39. The van der Waals surface area contributed by atoms with Crippen molar-refractivity contribution in [2.24, 2.45) is 5.92 Å². The van der Waals surface area contributed by atoms with Crippen molar-refractivity contribution in [1.82, 2.24) is 9.97 Å². The second-order valence-electron chi connectivity index (χ2n) is 5.02. The van der Waals surface area contributed by atoms with Crippen molar-refractivity contribution >= 4 is 5.82 Å². The molecule has 0 aliphatic rings. The highest BCUT2D eigenvalue weighted by atomic mass is 16.5. The number of nitrogens with two attached hydrogens (primary N) is 1. The van der Waals surface area contributed by atoms with Gasteiger partial charge in [0.05, 0.1) is 5.56 Å². The summed E-state index contributed by atoms with van der Waals surface area (Å²) in [6.07, 6.45) is -0.230. The number of nitrogen functional groups attached to an aromatic ring is 1. The molecule has 1 aromatic rings. The highest BCUT2D eigenvalue weighted by Gasteiger charge is 2.21. The molecule has 0 aliphatic carbocycles. The average molecular weight is 253 g/mol. The monoisotopic (exact) mass is 253 g/mol. The minimum atomic E-state index is -0.230. The van der Waals surface area contributed by atoms with Crippen LogP contribution >= 0.6 is 0 Å². The minimum Gasteiger partial charge on any atom is -0.383 e. The van der Waals surface area contributed by atoms with Gasteiger partial charge in [-0.1, -0.05) is 27.7 Å². The molecule has 0 radical (unpaired) electrons. The third-order valence-corrected chi connectivity index (χ3v) is 2.80. The molecule has 0 aliphatic heterocycles. The van der Waals surface area contributed by atoms with Gasteiger partial charge in [-0.2, -0.15) is 0 Å². The van der Waals surface area contributed by atoms with Gasteiger partial charge >= 0.3 is 0 Å². The van der Waals surface area contributed by atoms with Crippen molar-refractivity contribution < 1.29 is 4.74 Å². The standard InChI is InChI=1S/C13H23N3O2/c1-6-18-10(8(4)5)12-15-11(14)9(7(2)3)13(17)16-12/h7-8,10H,6H2,1-5H3,(H3,14,15,16,17). The molecule has 0 fully saturated rings. The zero-order valence-corrected chi connectivity index (χ0v) is 11.8. The van der Waals surface area contributed by atoms with Crippen LogP contribution in [0.15, 0.2) is 4.79 Å². The summed E-state index contributed by atoms with van der Waals surface area (Å²) in [5, 5.41) is 0. The lowest BCUT2D eigenvalue weighted by molar-refractivity contribution is 0.0231. The van der Waals surface area contributed by atoms with Gasteiger partial charge in [0.25, 0.3) is 5.56 Å². The van der Waals surface area contributed by atoms with E-state index in [1.165, 1.54) is 0 Å². The van der Waals surface area contributed by atoms with Gasteiger partial charge in [-0.15, -0.1) is 0 Å². The summed E-state index contributed by atoms with van der Waals surface area (Å²) in [6, 6.07) is 0. The van der Waals surface area contributed by atoms with Gasteiger partial charge in [-0.25, -0.2) is 4.98 Å². The van der Waals surface area contributed by atoms with Crippen LogP contribution in [0.1, 0.15) is 58.0 Å². The van der Waals surface area contributed by atoms with E-state index in [0.717, 1.165) is 0 Å². The third-order valence-electron chi connectivity index (χ3n) is 2.80. The zero-order valence-electron chi connectivity index (χ0n) is 11.8. The van der Waals surface area contributed by atoms with Crippen molar-refractivity contribution in [3.8, 4) is 0 Å². The number of hydrogen-bond acceptors (Lipinski definition) is 4. The molecule has 1 aromatic heterocycles. The van der Waals surface area contributed by atoms with Crippen molar-refractivity contribution in [2.45, 2.75) is 46.6 Å². The summed E-state index contributed by atoms with van der Waals surface area (Å²) in [7, 11) is 0. The molecule has 5 nitrogen and oxygen atoms in total. The summed E-state index contributed by atoms with van der Waals surface area (Å²) in [5.41, 5.74) is 6.24. The minimum absolute atomic E-state index is 0.0555. The van der Waals surface area contributed by atoms with Crippen LogP contribution in [0, 0.1) is 5.92 Å². The number of nitrogens with zero attached hydrogens (tertiary/aromatic N) is 1. The van der Waals surface area contributed by atoms with Crippen molar-refractivity contribution in [2.75, 3.05) is 12.3 Å². The van der Waals surface area contributed by atoms with Crippen LogP contribution < -0.4 is 11.3 Å². The molecule has 0 saturated heterocycles. The van der Waals surface area contributed by atoms with E-state index in [9.17, 15) is 4.79 Å². The Bertz CT molecular complexity index is 452. The van der Waals surface area contributed by atoms with Crippen LogP contribution in [0.4, 0.5) is 5.82 Å². The Morgan fingerprint density at radius 3 is 2.33 bits per heavy atom. The molecule has 0 aromatic carbocycles. The number of H-pyrrole nitrogens is 1. The fourth-order valence-corrected chi connectivity index (χ4v) is 1.98. The lowest BCUT2D eigenvalue weighted by atomic mass is 10.0. The number of anilines is 1. The maximum atomic E-state index is 12.0. The first kappa shape index (κ1) is 14.7. The number of aromatic nitrogens is 2. The summed E-state index contributed by atoms with van der Waals surface area (Å²) >= 11 is 0. The molecule has 3 N–H and O–H groups in total. The molecule has 1 unspecified atom stereocenters. The maximum Gasteiger partial charge on any atom is 0.256 e. The first-order valence-corrected chi connectivity index (χ1v) is 6.39. The fourth-order valence-electron chi connectivity index (χ4n) is 1.98. The van der Waals surface area contributed by atoms with Crippen LogP contribution in [0.5, 0.6) is 0 Å². The van der Waals surface area contributed by atoms with Crippen LogP contribution in [0.3, 0.4) is 0 Å². The van der Waals surface area contributed by atoms with Crippen LogP contribution in [0.25, 0.3) is 0 Å². The van der Waals surface area contributed by atoms with Gasteiger partial charge in [0, 0.05) is 6.61 Å². The van der Waals surface area contributed by atoms with Crippen LogP contribution in [-0.2, 0) is 4.74 Å². The molecule has 0 saturated carbocycles. The molecule has 0 bridgehead atoms. The predicted octanol–water partition coefficient (Wildman–Crippen LogP) is 2.21. The van der Waals surface area contributed by atoms with E-state index in [2.05, 4.69) is 9.97 Å². The van der Waals surface area contributed by atoms with E-state index in [-0.39, 0.29) is 23.5 Å². The van der Waals surface area contributed by atoms with Crippen molar-refractivity contribution in [3.63, 3.8) is 0 Å². The van der Waals surface area contributed by atoms with Crippen molar-refractivity contribution in [1.29, 1.82) is 0 Å². The summed E-state index contributed by atoms with van der Waals surface area (Å²) in [4.78, 5) is 19.1. The molecule has 5 heteroatoms. The van der Waals surface area contributed by atoms with E-state index in [1.807, 2.05) is 34.6 Å². The second-order valence-corrected chi connectivity index (χ2v) is 5.02. The third kappa shape index (κ3) is 3.10. The Kier molecular flexibility index (Phi) is 4.90. The van der Waals surface area contributed by atoms with Crippen LogP contribution in [-0.4, -0.2) is 16.6 Å². The molecule has 1 rings (SSSR count). The SMILES string of the molecule is CCOC(c1nc(N)c(C(C)C)c(=O)[nH]1)C(C)C. The fraction of sp³-hybridized carbons (Fsp3) is 0.692. The molecule has 0 spiro atoms. The van der Waals surface area contributed by atoms with Gasteiger partial charge in [0.1, 0.15) is 17.7 Å². The topological polar surface area (TPSA) is 81.0 Å². The quantitative estimate of drug-likeness (QED) is 0.843. The molecular weight excluding hydrogens is 230 g/mol.